The van der Waals surface area contributed by atoms with E-state index in [0.717, 1.165) is 19.3 Å². The summed E-state index contributed by atoms with van der Waals surface area (Å²) in [5.74, 6) is 5.42. The van der Waals surface area contributed by atoms with Crippen LogP contribution < -0.4 is 0 Å². The van der Waals surface area contributed by atoms with E-state index in [1.54, 1.807) is 6.92 Å². The number of rotatable bonds is 9. The summed E-state index contributed by atoms with van der Waals surface area (Å²) in [4.78, 5) is 10.6. The quantitative estimate of drug-likeness (QED) is 0.326. The van der Waals surface area contributed by atoms with Crippen LogP contribution in [-0.2, 0) is 9.53 Å². The third-order valence-corrected chi connectivity index (χ3v) is 6.00. The minimum Gasteiger partial charge on any atom is -0.481 e. The molecule has 0 bridgehead atoms. The van der Waals surface area contributed by atoms with Gasteiger partial charge in [0, 0.05) is 30.6 Å². The lowest BCUT2D eigenvalue weighted by Crippen LogP contribution is -2.28. The molecule has 5 heteroatoms. The number of unbranched alkanes of at least 4 members (excludes halogenated alkanes) is 1. The fourth-order valence-electron chi connectivity index (χ4n) is 4.19. The van der Waals surface area contributed by atoms with Gasteiger partial charge in [-0.15, -0.1) is 11.8 Å². The molecule has 1 saturated carbocycles. The van der Waals surface area contributed by atoms with E-state index in [4.69, 9.17) is 9.84 Å². The lowest BCUT2D eigenvalue weighted by molar-refractivity contribution is -0.137. The van der Waals surface area contributed by atoms with Crippen LogP contribution in [0.3, 0.4) is 0 Å². The molecule has 27 heavy (non-hydrogen) atoms. The van der Waals surface area contributed by atoms with Gasteiger partial charge in [0.25, 0.3) is 0 Å². The summed E-state index contributed by atoms with van der Waals surface area (Å²) in [5, 5.41) is 29.6. The highest BCUT2D eigenvalue weighted by Crippen LogP contribution is 2.45. The molecule has 0 amide bonds. The van der Waals surface area contributed by atoms with Crippen molar-refractivity contribution in [2.24, 2.45) is 17.3 Å². The molecule has 2 fully saturated rings. The number of hydrogen-bond acceptors (Lipinski definition) is 4. The van der Waals surface area contributed by atoms with Crippen LogP contribution in [-0.4, -0.2) is 45.7 Å². The van der Waals surface area contributed by atoms with Gasteiger partial charge in [-0.05, 0) is 32.1 Å². The van der Waals surface area contributed by atoms with E-state index in [9.17, 15) is 15.0 Å². The molecule has 152 valence electrons. The number of aliphatic hydroxyl groups excluding tert-OH is 2. The van der Waals surface area contributed by atoms with Crippen LogP contribution in [0.2, 0.25) is 0 Å². The maximum atomic E-state index is 10.6. The van der Waals surface area contributed by atoms with Crippen molar-refractivity contribution in [1.29, 1.82) is 0 Å². The number of aliphatic carboxylic acids is 1. The van der Waals surface area contributed by atoms with E-state index in [1.165, 1.54) is 0 Å². The van der Waals surface area contributed by atoms with Crippen LogP contribution in [0, 0.1) is 29.1 Å². The van der Waals surface area contributed by atoms with Gasteiger partial charge in [-0.1, -0.05) is 32.4 Å². The Hall–Kier alpha value is -1.35. The average Bonchev–Trinajstić information content (AvgIpc) is 3.11. The molecule has 1 aliphatic carbocycles. The third kappa shape index (κ3) is 6.07. The summed E-state index contributed by atoms with van der Waals surface area (Å²) in [6.07, 6.45) is 7.71. The molecule has 5 nitrogen and oxygen atoms in total. The molecule has 0 unspecified atom stereocenters. The summed E-state index contributed by atoms with van der Waals surface area (Å²) in [7, 11) is 0. The van der Waals surface area contributed by atoms with Crippen molar-refractivity contribution in [1.82, 2.24) is 0 Å². The van der Waals surface area contributed by atoms with Gasteiger partial charge < -0.3 is 20.1 Å². The van der Waals surface area contributed by atoms with Crippen molar-refractivity contribution in [3.8, 4) is 11.8 Å². The second-order valence-electron chi connectivity index (χ2n) is 8.64. The molecule has 6 atom stereocenters. The van der Waals surface area contributed by atoms with Crippen LogP contribution in [0.1, 0.15) is 65.7 Å². The van der Waals surface area contributed by atoms with E-state index in [1.807, 2.05) is 26.0 Å². The highest BCUT2D eigenvalue weighted by atomic mass is 16.5. The van der Waals surface area contributed by atoms with Gasteiger partial charge in [0.05, 0.1) is 24.4 Å². The topological polar surface area (TPSA) is 87.0 Å². The standard InChI is InChI=1S/C22H34O5/c1-4-5-12-22(2,3)20(24)11-10-16-17-13-15(8-6-7-9-21(25)26)27-19(17)14-18(16)23/h10-11,15-20,23-24H,6-9,12-14H2,1-3H3,(H,25,26)/b11-10+/t15-,16-,17-,18-,19+,20-/m1/s1. The smallest absolute Gasteiger partial charge is 0.303 e. The molecule has 1 heterocycles. The third-order valence-electron chi connectivity index (χ3n) is 6.00. The zero-order valence-corrected chi connectivity index (χ0v) is 16.7. The molecule has 1 aliphatic heterocycles. The number of hydrogen-bond donors (Lipinski definition) is 3. The van der Waals surface area contributed by atoms with Crippen LogP contribution in [0.5, 0.6) is 0 Å². The number of carbonyl (C=O) groups is 1. The highest BCUT2D eigenvalue weighted by Gasteiger charge is 2.47. The molecule has 2 aliphatic rings. The first-order valence-electron chi connectivity index (χ1n) is 10.1. The van der Waals surface area contributed by atoms with Crippen molar-refractivity contribution in [2.45, 2.75) is 90.1 Å². The van der Waals surface area contributed by atoms with Crippen LogP contribution in [0.4, 0.5) is 0 Å². The van der Waals surface area contributed by atoms with Gasteiger partial charge in [-0.25, -0.2) is 0 Å². The molecule has 0 aromatic carbocycles. The number of carboxylic acids is 1. The fourth-order valence-corrected chi connectivity index (χ4v) is 4.19. The zero-order chi connectivity index (χ0) is 20.0. The van der Waals surface area contributed by atoms with Crippen molar-refractivity contribution in [2.75, 3.05) is 0 Å². The number of carboxylic acid groups (broad SMARTS) is 1. The molecule has 0 radical (unpaired) electrons. The Kier molecular flexibility index (Phi) is 7.91. The second kappa shape index (κ2) is 9.73. The van der Waals surface area contributed by atoms with Gasteiger partial charge in [-0.3, -0.25) is 4.79 Å². The van der Waals surface area contributed by atoms with Crippen LogP contribution >= 0.6 is 0 Å². The largest absolute Gasteiger partial charge is 0.481 e. The summed E-state index contributed by atoms with van der Waals surface area (Å²) >= 11 is 0. The summed E-state index contributed by atoms with van der Waals surface area (Å²) in [6, 6.07) is 0. The lowest BCUT2D eigenvalue weighted by atomic mass is 9.82. The molecule has 2 rings (SSSR count). The van der Waals surface area contributed by atoms with Gasteiger partial charge in [-0.2, -0.15) is 0 Å². The predicted molar refractivity (Wildman–Crippen MR) is 104 cm³/mol. The monoisotopic (exact) mass is 378 g/mol. The van der Waals surface area contributed by atoms with E-state index in [-0.39, 0.29) is 35.9 Å². The Morgan fingerprint density at radius 3 is 2.74 bits per heavy atom. The minimum atomic E-state index is -0.751. The first kappa shape index (κ1) is 21.9. The Morgan fingerprint density at radius 2 is 2.07 bits per heavy atom. The molecule has 3 N–H and O–H groups in total. The van der Waals surface area contributed by atoms with E-state index < -0.39 is 18.2 Å². The molecular formula is C22H34O5. The first-order chi connectivity index (χ1) is 12.7. The number of fused-ring (bicyclic) bond motifs is 1. The Labute approximate surface area is 162 Å². The fraction of sp³-hybridized carbons (Fsp3) is 0.773. The van der Waals surface area contributed by atoms with Gasteiger partial charge in [0.1, 0.15) is 0 Å². The summed E-state index contributed by atoms with van der Waals surface area (Å²) in [6.45, 7) is 5.78. The number of aliphatic hydroxyl groups is 2. The molecule has 0 spiro atoms. The average molecular weight is 379 g/mol. The van der Waals surface area contributed by atoms with E-state index in [0.29, 0.717) is 19.3 Å². The molecule has 1 saturated heterocycles. The van der Waals surface area contributed by atoms with E-state index in [2.05, 4.69) is 11.8 Å². The normalized spacial score (nSPS) is 31.5. The summed E-state index contributed by atoms with van der Waals surface area (Å²) < 4.78 is 6.10. The van der Waals surface area contributed by atoms with Crippen molar-refractivity contribution in [3.63, 3.8) is 0 Å². The molecule has 0 aromatic rings. The summed E-state index contributed by atoms with van der Waals surface area (Å²) in [5.41, 5.74) is -0.332. The Balaban J connectivity index is 1.88. The highest BCUT2D eigenvalue weighted by molar-refractivity contribution is 5.66. The molecular weight excluding hydrogens is 344 g/mol. The first-order valence-corrected chi connectivity index (χ1v) is 10.1. The lowest BCUT2D eigenvalue weighted by Gasteiger charge is -2.27. The maximum Gasteiger partial charge on any atom is 0.303 e. The second-order valence-corrected chi connectivity index (χ2v) is 8.64. The number of ether oxygens (including phenoxy) is 1. The Bertz CT molecular complexity index is 585. The maximum absolute atomic E-state index is 10.6. The van der Waals surface area contributed by atoms with Gasteiger partial charge >= 0.3 is 5.97 Å². The van der Waals surface area contributed by atoms with Crippen molar-refractivity contribution >= 4 is 5.97 Å². The Morgan fingerprint density at radius 1 is 1.33 bits per heavy atom. The SMILES string of the molecule is CC#CCC(C)(C)[C@H](O)/C=C/[C@@H]1[C@H]2C[C@@H](CCCCC(=O)O)O[C@H]2C[C@H]1O. The molecule has 0 aromatic heterocycles. The van der Waals surface area contributed by atoms with E-state index >= 15 is 0 Å². The van der Waals surface area contributed by atoms with Gasteiger partial charge in [0.15, 0.2) is 0 Å². The van der Waals surface area contributed by atoms with Gasteiger partial charge in [0.2, 0.25) is 0 Å². The zero-order valence-electron chi connectivity index (χ0n) is 16.7. The van der Waals surface area contributed by atoms with Crippen molar-refractivity contribution in [3.05, 3.63) is 12.2 Å². The minimum absolute atomic E-state index is 0.00160. The van der Waals surface area contributed by atoms with Crippen molar-refractivity contribution < 1.29 is 24.9 Å². The van der Waals surface area contributed by atoms with Crippen LogP contribution in [0.15, 0.2) is 12.2 Å². The predicted octanol–water partition coefficient (Wildman–Crippen LogP) is 3.14. The van der Waals surface area contributed by atoms with Crippen LogP contribution in [0.25, 0.3) is 0 Å².